The molecule has 1 atom stereocenters. The van der Waals surface area contributed by atoms with Gasteiger partial charge in [0, 0.05) is 25.3 Å². The Morgan fingerprint density at radius 3 is 2.36 bits per heavy atom. The lowest BCUT2D eigenvalue weighted by atomic mass is 9.93. The number of ether oxygens (including phenoxy) is 2. The van der Waals surface area contributed by atoms with Gasteiger partial charge in [-0.05, 0) is 13.8 Å². The molecule has 7 nitrogen and oxygen atoms in total. The number of Topliss-reactive ketones (excluding diaryl/α,β-unsaturated/α-hetero) is 2. The topological polar surface area (TPSA) is 104 Å². The molecule has 0 saturated carbocycles. The fourth-order valence-corrected chi connectivity index (χ4v) is 1.94. The molecule has 22 heavy (non-hydrogen) atoms. The molecule has 0 aromatic heterocycles. The molecule has 0 fully saturated rings. The van der Waals surface area contributed by atoms with E-state index < -0.39 is 29.4 Å². The summed E-state index contributed by atoms with van der Waals surface area (Å²) in [7, 11) is 0. The molecule has 0 aromatic carbocycles. The second kappa shape index (κ2) is 8.21. The first kappa shape index (κ1) is 17.7. The number of hydrogen-bond donors (Lipinski definition) is 0. The number of carbonyl (C=O) groups excluding carboxylic acids is 5. The van der Waals surface area contributed by atoms with Gasteiger partial charge < -0.3 is 9.47 Å². The van der Waals surface area contributed by atoms with Gasteiger partial charge in [-0.1, -0.05) is 0 Å². The van der Waals surface area contributed by atoms with Crippen molar-refractivity contribution in [1.82, 2.24) is 0 Å². The van der Waals surface area contributed by atoms with Crippen LogP contribution in [0.2, 0.25) is 0 Å². The number of carbonyl (C=O) groups is 5. The third-order valence-electron chi connectivity index (χ3n) is 3.01. The maximum absolute atomic E-state index is 11.9. The molecule has 0 bridgehead atoms. The lowest BCUT2D eigenvalue weighted by Gasteiger charge is -2.17. The van der Waals surface area contributed by atoms with E-state index in [1.165, 1.54) is 6.92 Å². The molecular weight excluding hydrogens is 292 g/mol. The molecule has 0 N–H and O–H groups in total. The maximum atomic E-state index is 11.9. The Bertz CT molecular complexity index is 530. The highest BCUT2D eigenvalue weighted by Crippen LogP contribution is 2.17. The van der Waals surface area contributed by atoms with Crippen molar-refractivity contribution < 1.29 is 33.4 Å². The Kier molecular flexibility index (Phi) is 6.62. The zero-order valence-corrected chi connectivity index (χ0v) is 12.5. The van der Waals surface area contributed by atoms with Crippen LogP contribution < -0.4 is 0 Å². The second-order valence-corrected chi connectivity index (χ2v) is 4.82. The molecule has 1 aliphatic heterocycles. The van der Waals surface area contributed by atoms with E-state index in [4.69, 9.17) is 4.74 Å². The van der Waals surface area contributed by atoms with Gasteiger partial charge in [0.2, 0.25) is 0 Å². The highest BCUT2D eigenvalue weighted by molar-refractivity contribution is 6.22. The summed E-state index contributed by atoms with van der Waals surface area (Å²) in [4.78, 5) is 57.7. The quantitative estimate of drug-likeness (QED) is 0.484. The van der Waals surface area contributed by atoms with Crippen LogP contribution in [-0.4, -0.2) is 35.9 Å². The van der Waals surface area contributed by atoms with Crippen LogP contribution in [0.5, 0.6) is 0 Å². The molecule has 7 heteroatoms. The first-order chi connectivity index (χ1) is 10.3. The van der Waals surface area contributed by atoms with Gasteiger partial charge in [0.25, 0.3) is 0 Å². The van der Waals surface area contributed by atoms with Crippen LogP contribution in [0.4, 0.5) is 0 Å². The smallest absolute Gasteiger partial charge is 0.329 e. The number of ketones is 3. The molecule has 1 aliphatic rings. The number of cyclic esters (lactones) is 1. The molecule has 0 aromatic rings. The molecule has 0 spiro atoms. The van der Waals surface area contributed by atoms with Crippen molar-refractivity contribution >= 4 is 29.3 Å². The van der Waals surface area contributed by atoms with E-state index >= 15 is 0 Å². The molecule has 0 amide bonds. The highest BCUT2D eigenvalue weighted by Gasteiger charge is 2.37. The zero-order chi connectivity index (χ0) is 16.7. The zero-order valence-electron chi connectivity index (χ0n) is 12.5. The van der Waals surface area contributed by atoms with Crippen LogP contribution in [0.1, 0.15) is 39.5 Å². The largest absolute Gasteiger partial charge is 0.466 e. The van der Waals surface area contributed by atoms with Gasteiger partial charge in [0.1, 0.15) is 11.5 Å². The summed E-state index contributed by atoms with van der Waals surface area (Å²) in [6.45, 7) is 3.34. The van der Waals surface area contributed by atoms with Crippen molar-refractivity contribution in [3.63, 3.8) is 0 Å². The Labute approximate surface area is 127 Å². The normalized spacial score (nSPS) is 17.5. The summed E-state index contributed by atoms with van der Waals surface area (Å²) in [5.41, 5.74) is 0. The summed E-state index contributed by atoms with van der Waals surface area (Å²) >= 11 is 0. The molecule has 0 saturated heterocycles. The molecule has 1 rings (SSSR count). The van der Waals surface area contributed by atoms with E-state index in [9.17, 15) is 24.0 Å². The minimum atomic E-state index is -1.48. The average molecular weight is 310 g/mol. The number of rotatable bonds is 8. The van der Waals surface area contributed by atoms with Crippen molar-refractivity contribution in [2.45, 2.75) is 39.5 Å². The van der Waals surface area contributed by atoms with E-state index in [1.807, 2.05) is 0 Å². The monoisotopic (exact) mass is 310 g/mol. The number of hydrogen-bond acceptors (Lipinski definition) is 7. The van der Waals surface area contributed by atoms with Crippen LogP contribution in [0.3, 0.4) is 0 Å². The number of esters is 2. The standard InChI is InChI=1S/C15H18O7/c1-3-21-13(19)7-5-10(16)4-6-11(17)14-12(18)8-9(2)22-15(14)20/h8,14H,3-7H2,1-2H3. The van der Waals surface area contributed by atoms with Crippen molar-refractivity contribution in [3.05, 3.63) is 11.8 Å². The Morgan fingerprint density at radius 1 is 1.14 bits per heavy atom. The van der Waals surface area contributed by atoms with E-state index in [0.29, 0.717) is 0 Å². The predicted octanol–water partition coefficient (Wildman–Crippen LogP) is 0.894. The van der Waals surface area contributed by atoms with Crippen molar-refractivity contribution in [2.24, 2.45) is 5.92 Å². The van der Waals surface area contributed by atoms with Crippen molar-refractivity contribution in [3.8, 4) is 0 Å². The van der Waals surface area contributed by atoms with Gasteiger partial charge in [-0.3, -0.25) is 24.0 Å². The average Bonchev–Trinajstić information content (AvgIpc) is 2.42. The third-order valence-corrected chi connectivity index (χ3v) is 3.01. The molecule has 1 unspecified atom stereocenters. The van der Waals surface area contributed by atoms with E-state index in [1.54, 1.807) is 6.92 Å². The van der Waals surface area contributed by atoms with Gasteiger partial charge in [0.15, 0.2) is 17.5 Å². The van der Waals surface area contributed by atoms with Crippen molar-refractivity contribution in [1.29, 1.82) is 0 Å². The van der Waals surface area contributed by atoms with E-state index in [2.05, 4.69) is 4.74 Å². The Morgan fingerprint density at radius 2 is 1.77 bits per heavy atom. The van der Waals surface area contributed by atoms with Gasteiger partial charge >= 0.3 is 11.9 Å². The SMILES string of the molecule is CCOC(=O)CCC(=O)CCC(=O)C1C(=O)C=C(C)OC1=O. The summed E-state index contributed by atoms with van der Waals surface area (Å²) in [5.74, 6) is -4.31. The summed E-state index contributed by atoms with van der Waals surface area (Å²) in [6.07, 6.45) is 0.645. The minimum absolute atomic E-state index is 0.0335. The van der Waals surface area contributed by atoms with E-state index in [0.717, 1.165) is 6.08 Å². The Balaban J connectivity index is 2.43. The molecule has 120 valence electrons. The molecular formula is C15H18O7. The van der Waals surface area contributed by atoms with Crippen LogP contribution >= 0.6 is 0 Å². The summed E-state index contributed by atoms with van der Waals surface area (Å²) in [6, 6.07) is 0. The van der Waals surface area contributed by atoms with Crippen LogP contribution in [0.25, 0.3) is 0 Å². The minimum Gasteiger partial charge on any atom is -0.466 e. The van der Waals surface area contributed by atoms with Crippen LogP contribution in [0.15, 0.2) is 11.8 Å². The van der Waals surface area contributed by atoms with Crippen LogP contribution in [-0.2, 0) is 33.4 Å². The molecule has 0 radical (unpaired) electrons. The first-order valence-electron chi connectivity index (χ1n) is 6.99. The molecule has 0 aliphatic carbocycles. The maximum Gasteiger partial charge on any atom is 0.329 e. The Hall–Kier alpha value is -2.31. The lowest BCUT2D eigenvalue weighted by Crippen LogP contribution is -2.35. The highest BCUT2D eigenvalue weighted by atomic mass is 16.5. The molecule has 1 heterocycles. The van der Waals surface area contributed by atoms with Gasteiger partial charge in [0.05, 0.1) is 13.0 Å². The third kappa shape index (κ3) is 5.23. The van der Waals surface area contributed by atoms with Crippen LogP contribution in [0, 0.1) is 5.92 Å². The summed E-state index contributed by atoms with van der Waals surface area (Å²) in [5, 5.41) is 0. The fraction of sp³-hybridized carbons (Fsp3) is 0.533. The van der Waals surface area contributed by atoms with Gasteiger partial charge in [-0.25, -0.2) is 0 Å². The fourth-order valence-electron chi connectivity index (χ4n) is 1.94. The van der Waals surface area contributed by atoms with Gasteiger partial charge in [-0.2, -0.15) is 0 Å². The van der Waals surface area contributed by atoms with Crippen molar-refractivity contribution in [2.75, 3.05) is 6.61 Å². The second-order valence-electron chi connectivity index (χ2n) is 4.82. The summed E-state index contributed by atoms with van der Waals surface area (Å²) < 4.78 is 9.42. The van der Waals surface area contributed by atoms with Gasteiger partial charge in [-0.15, -0.1) is 0 Å². The lowest BCUT2D eigenvalue weighted by molar-refractivity contribution is -0.153. The van der Waals surface area contributed by atoms with E-state index in [-0.39, 0.29) is 43.8 Å². The number of allylic oxidation sites excluding steroid dienone is 2. The first-order valence-corrected chi connectivity index (χ1v) is 6.99. The predicted molar refractivity (Wildman–Crippen MR) is 73.5 cm³/mol.